The molecule has 2 N–H and O–H groups in total. The second-order valence-corrected chi connectivity index (χ2v) is 5.05. The van der Waals surface area contributed by atoms with Gasteiger partial charge in [0.1, 0.15) is 0 Å². The maximum Gasteiger partial charge on any atom is 0.306 e. The first-order valence-corrected chi connectivity index (χ1v) is 6.39. The van der Waals surface area contributed by atoms with Crippen molar-refractivity contribution in [2.45, 2.75) is 57.0 Å². The van der Waals surface area contributed by atoms with Gasteiger partial charge >= 0.3 is 5.97 Å². The van der Waals surface area contributed by atoms with E-state index in [0.29, 0.717) is 12.1 Å². The molecule has 2 aliphatic carbocycles. The number of carboxylic acids is 1. The van der Waals surface area contributed by atoms with Crippen LogP contribution in [-0.4, -0.2) is 23.2 Å². The summed E-state index contributed by atoms with van der Waals surface area (Å²) < 4.78 is 0. The minimum atomic E-state index is -0.616. The van der Waals surface area contributed by atoms with Crippen molar-refractivity contribution in [3.8, 4) is 0 Å². The first kappa shape index (κ1) is 11.6. The van der Waals surface area contributed by atoms with Gasteiger partial charge in [0.25, 0.3) is 0 Å². The molecule has 2 aliphatic rings. The van der Waals surface area contributed by atoms with Gasteiger partial charge in [-0.25, -0.2) is 0 Å². The Morgan fingerprint density at radius 3 is 2.75 bits per heavy atom. The molecule has 0 spiro atoms. The van der Waals surface area contributed by atoms with Crippen LogP contribution in [0.3, 0.4) is 0 Å². The van der Waals surface area contributed by atoms with Crippen molar-refractivity contribution in [2.24, 2.45) is 5.92 Å². The van der Waals surface area contributed by atoms with Gasteiger partial charge in [-0.3, -0.25) is 4.79 Å². The van der Waals surface area contributed by atoms with Gasteiger partial charge < -0.3 is 10.4 Å². The monoisotopic (exact) mass is 223 g/mol. The molecule has 90 valence electrons. The molecule has 0 bridgehead atoms. The molecule has 3 atom stereocenters. The Morgan fingerprint density at radius 1 is 1.19 bits per heavy atom. The van der Waals surface area contributed by atoms with Gasteiger partial charge in [0.2, 0.25) is 0 Å². The van der Waals surface area contributed by atoms with E-state index in [0.717, 1.165) is 38.5 Å². The number of allylic oxidation sites excluding steroid dienone is 1. The first-order valence-electron chi connectivity index (χ1n) is 6.39. The summed E-state index contributed by atoms with van der Waals surface area (Å²) in [5.74, 6) is -0.736. The van der Waals surface area contributed by atoms with E-state index in [1.54, 1.807) is 0 Å². The Balaban J connectivity index is 1.80. The lowest BCUT2D eigenvalue weighted by atomic mass is 9.85. The Hall–Kier alpha value is -0.830. The van der Waals surface area contributed by atoms with Crippen molar-refractivity contribution in [2.75, 3.05) is 0 Å². The normalized spacial score (nSPS) is 34.9. The third kappa shape index (κ3) is 3.08. The second kappa shape index (κ2) is 5.48. The molecule has 0 amide bonds. The Morgan fingerprint density at radius 2 is 2.06 bits per heavy atom. The molecule has 0 aromatic carbocycles. The molecular formula is C13H21NO2. The number of nitrogens with one attached hydrogen (secondary N) is 1. The topological polar surface area (TPSA) is 49.3 Å². The number of carboxylic acid groups (broad SMARTS) is 1. The minimum absolute atomic E-state index is 0.120. The van der Waals surface area contributed by atoms with E-state index in [4.69, 9.17) is 5.11 Å². The van der Waals surface area contributed by atoms with Crippen molar-refractivity contribution in [1.29, 1.82) is 0 Å². The predicted molar refractivity (Wildman–Crippen MR) is 63.3 cm³/mol. The van der Waals surface area contributed by atoms with Gasteiger partial charge in [0.05, 0.1) is 5.92 Å². The van der Waals surface area contributed by atoms with Crippen LogP contribution in [0.15, 0.2) is 12.2 Å². The van der Waals surface area contributed by atoms with Gasteiger partial charge in [-0.05, 0) is 38.5 Å². The van der Waals surface area contributed by atoms with Crippen LogP contribution in [0.1, 0.15) is 44.9 Å². The average Bonchev–Trinajstić information content (AvgIpc) is 2.30. The standard InChI is InChI=1S/C13H21NO2/c15-13(16)10-5-4-8-12(9-10)14-11-6-2-1-3-7-11/h1-2,10-12,14H,3-9H2,(H,15,16). The SMILES string of the molecule is O=C(O)C1CCCC(NC2CC=CCC2)C1. The molecular weight excluding hydrogens is 202 g/mol. The van der Waals surface area contributed by atoms with Gasteiger partial charge in [0, 0.05) is 12.1 Å². The molecule has 3 unspecified atom stereocenters. The third-order valence-electron chi connectivity index (χ3n) is 3.76. The van der Waals surface area contributed by atoms with Crippen LogP contribution in [0.5, 0.6) is 0 Å². The number of aliphatic carboxylic acids is 1. The zero-order valence-corrected chi connectivity index (χ0v) is 9.69. The summed E-state index contributed by atoms with van der Waals surface area (Å²) in [5.41, 5.74) is 0. The van der Waals surface area contributed by atoms with Crippen LogP contribution in [0, 0.1) is 5.92 Å². The summed E-state index contributed by atoms with van der Waals surface area (Å²) in [6.45, 7) is 0. The fourth-order valence-corrected chi connectivity index (χ4v) is 2.84. The van der Waals surface area contributed by atoms with Crippen LogP contribution < -0.4 is 5.32 Å². The van der Waals surface area contributed by atoms with Crippen molar-refractivity contribution in [1.82, 2.24) is 5.32 Å². The summed E-state index contributed by atoms with van der Waals surface area (Å²) in [5, 5.41) is 12.7. The van der Waals surface area contributed by atoms with Crippen LogP contribution in [0.25, 0.3) is 0 Å². The van der Waals surface area contributed by atoms with Crippen LogP contribution >= 0.6 is 0 Å². The minimum Gasteiger partial charge on any atom is -0.481 e. The van der Waals surface area contributed by atoms with Gasteiger partial charge in [0.15, 0.2) is 0 Å². The molecule has 0 radical (unpaired) electrons. The molecule has 0 heterocycles. The lowest BCUT2D eigenvalue weighted by Gasteiger charge is -2.31. The van der Waals surface area contributed by atoms with Gasteiger partial charge in [-0.15, -0.1) is 0 Å². The molecule has 0 aromatic heterocycles. The maximum absolute atomic E-state index is 11.0. The van der Waals surface area contributed by atoms with E-state index in [1.165, 1.54) is 6.42 Å². The first-order chi connectivity index (χ1) is 7.75. The number of hydrogen-bond donors (Lipinski definition) is 2. The third-order valence-corrected chi connectivity index (χ3v) is 3.76. The van der Waals surface area contributed by atoms with Crippen LogP contribution in [-0.2, 0) is 4.79 Å². The Bertz CT molecular complexity index is 275. The average molecular weight is 223 g/mol. The summed E-state index contributed by atoms with van der Waals surface area (Å²) >= 11 is 0. The molecule has 2 rings (SSSR count). The van der Waals surface area contributed by atoms with Crippen molar-refractivity contribution < 1.29 is 9.90 Å². The summed E-state index contributed by atoms with van der Waals surface area (Å²) in [7, 11) is 0. The van der Waals surface area contributed by atoms with E-state index in [2.05, 4.69) is 17.5 Å². The lowest BCUT2D eigenvalue weighted by Crippen LogP contribution is -2.42. The highest BCUT2D eigenvalue weighted by Crippen LogP contribution is 2.25. The van der Waals surface area contributed by atoms with Crippen LogP contribution in [0.4, 0.5) is 0 Å². The largest absolute Gasteiger partial charge is 0.481 e. The number of hydrogen-bond acceptors (Lipinski definition) is 2. The Kier molecular flexibility index (Phi) is 3.99. The van der Waals surface area contributed by atoms with E-state index in [1.807, 2.05) is 0 Å². The smallest absolute Gasteiger partial charge is 0.306 e. The highest BCUT2D eigenvalue weighted by molar-refractivity contribution is 5.70. The molecule has 16 heavy (non-hydrogen) atoms. The van der Waals surface area contributed by atoms with Gasteiger partial charge in [-0.2, -0.15) is 0 Å². The van der Waals surface area contributed by atoms with E-state index in [9.17, 15) is 4.79 Å². The predicted octanol–water partition coefficient (Wildman–Crippen LogP) is 2.33. The highest BCUT2D eigenvalue weighted by atomic mass is 16.4. The van der Waals surface area contributed by atoms with E-state index >= 15 is 0 Å². The summed E-state index contributed by atoms with van der Waals surface area (Å²) in [4.78, 5) is 11.0. The molecule has 3 heteroatoms. The second-order valence-electron chi connectivity index (χ2n) is 5.05. The lowest BCUT2D eigenvalue weighted by molar-refractivity contribution is -0.143. The number of rotatable bonds is 3. The van der Waals surface area contributed by atoms with E-state index in [-0.39, 0.29) is 5.92 Å². The molecule has 1 saturated carbocycles. The zero-order valence-electron chi connectivity index (χ0n) is 9.69. The fourth-order valence-electron chi connectivity index (χ4n) is 2.84. The Labute approximate surface area is 96.9 Å². The zero-order chi connectivity index (χ0) is 11.4. The van der Waals surface area contributed by atoms with Crippen molar-refractivity contribution in [3.63, 3.8) is 0 Å². The molecule has 1 fully saturated rings. The number of carbonyl (C=O) groups is 1. The molecule has 3 nitrogen and oxygen atoms in total. The molecule has 0 aromatic rings. The molecule has 0 saturated heterocycles. The summed E-state index contributed by atoms with van der Waals surface area (Å²) in [6, 6.07) is 0.994. The fraction of sp³-hybridized carbons (Fsp3) is 0.769. The van der Waals surface area contributed by atoms with Crippen molar-refractivity contribution >= 4 is 5.97 Å². The van der Waals surface area contributed by atoms with Crippen molar-refractivity contribution in [3.05, 3.63) is 12.2 Å². The molecule has 0 aliphatic heterocycles. The maximum atomic E-state index is 11.0. The summed E-state index contributed by atoms with van der Waals surface area (Å²) in [6.07, 6.45) is 11.8. The van der Waals surface area contributed by atoms with Crippen LogP contribution in [0.2, 0.25) is 0 Å². The van der Waals surface area contributed by atoms with E-state index < -0.39 is 5.97 Å². The quantitative estimate of drug-likeness (QED) is 0.722. The van der Waals surface area contributed by atoms with Gasteiger partial charge in [-0.1, -0.05) is 18.6 Å². The highest BCUT2D eigenvalue weighted by Gasteiger charge is 2.27.